The Morgan fingerprint density at radius 3 is 2.45 bits per heavy atom. The third-order valence-electron chi connectivity index (χ3n) is 6.19. The molecule has 1 aromatic heterocycles. The molecule has 1 aliphatic heterocycles. The molecule has 11 heteroatoms. The summed E-state index contributed by atoms with van der Waals surface area (Å²) in [7, 11) is -4.11. The van der Waals surface area contributed by atoms with Gasteiger partial charge in [-0.2, -0.15) is 0 Å². The van der Waals surface area contributed by atoms with Gasteiger partial charge in [0.2, 0.25) is 0 Å². The molecule has 0 saturated carbocycles. The van der Waals surface area contributed by atoms with Crippen molar-refractivity contribution in [2.75, 3.05) is 41.2 Å². The van der Waals surface area contributed by atoms with Gasteiger partial charge in [0.1, 0.15) is 10.7 Å². The van der Waals surface area contributed by atoms with Crippen LogP contribution >= 0.6 is 22.9 Å². The van der Waals surface area contributed by atoms with E-state index in [-0.39, 0.29) is 21.4 Å². The number of morpholine rings is 1. The number of nitrogens with zero attached hydrogens (tertiary/aromatic N) is 1. The van der Waals surface area contributed by atoms with E-state index in [4.69, 9.17) is 16.3 Å². The fourth-order valence-electron chi connectivity index (χ4n) is 4.22. The SMILES string of the molecule is O=C(Nc1ccc(N2CCOCC2)c(S(=O)(=O)Nc2ccccc2Cl)c1)/C(=C/c1ccc(F)cc1)c1cccs1. The average molecular weight is 598 g/mol. The lowest BCUT2D eigenvalue weighted by Crippen LogP contribution is -2.37. The van der Waals surface area contributed by atoms with Gasteiger partial charge < -0.3 is 15.0 Å². The highest BCUT2D eigenvalue weighted by atomic mass is 35.5. The van der Waals surface area contributed by atoms with Crippen LogP contribution in [0.1, 0.15) is 10.4 Å². The highest BCUT2D eigenvalue weighted by Crippen LogP contribution is 2.33. The van der Waals surface area contributed by atoms with Crippen molar-refractivity contribution in [2.24, 2.45) is 0 Å². The third-order valence-corrected chi connectivity index (χ3v) is 8.82. The average Bonchev–Trinajstić information content (AvgIpc) is 3.49. The fraction of sp³-hybridized carbons (Fsp3) is 0.138. The number of anilines is 3. The Morgan fingerprint density at radius 2 is 1.75 bits per heavy atom. The van der Waals surface area contributed by atoms with E-state index in [9.17, 15) is 17.6 Å². The van der Waals surface area contributed by atoms with E-state index in [1.54, 1.807) is 54.6 Å². The van der Waals surface area contributed by atoms with Gasteiger partial charge in [-0.25, -0.2) is 12.8 Å². The lowest BCUT2D eigenvalue weighted by molar-refractivity contribution is -0.111. The van der Waals surface area contributed by atoms with Crippen molar-refractivity contribution < 1.29 is 22.3 Å². The number of halogens is 2. The molecule has 40 heavy (non-hydrogen) atoms. The zero-order valence-corrected chi connectivity index (χ0v) is 23.5. The van der Waals surface area contributed by atoms with Crippen LogP contribution in [0.15, 0.2) is 89.1 Å². The number of thiophene rings is 1. The quantitative estimate of drug-likeness (QED) is 0.231. The predicted octanol–water partition coefficient (Wildman–Crippen LogP) is 6.36. The molecule has 2 N–H and O–H groups in total. The maximum Gasteiger partial charge on any atom is 0.264 e. The van der Waals surface area contributed by atoms with Gasteiger partial charge >= 0.3 is 0 Å². The molecule has 0 radical (unpaired) electrons. The second kappa shape index (κ2) is 12.2. The number of benzene rings is 3. The van der Waals surface area contributed by atoms with Crippen molar-refractivity contribution in [2.45, 2.75) is 4.90 Å². The molecular weight excluding hydrogens is 573 g/mol. The molecule has 2 heterocycles. The van der Waals surface area contributed by atoms with Crippen molar-refractivity contribution in [1.29, 1.82) is 0 Å². The minimum atomic E-state index is -4.11. The van der Waals surface area contributed by atoms with Gasteiger partial charge in [-0.3, -0.25) is 9.52 Å². The molecule has 1 amide bonds. The third kappa shape index (κ3) is 6.53. The lowest BCUT2D eigenvalue weighted by Gasteiger charge is -2.30. The number of ether oxygens (including phenoxy) is 1. The zero-order chi connectivity index (χ0) is 28.1. The van der Waals surface area contributed by atoms with E-state index in [1.165, 1.54) is 29.5 Å². The minimum absolute atomic E-state index is 0.00712. The van der Waals surface area contributed by atoms with Crippen molar-refractivity contribution in [1.82, 2.24) is 0 Å². The molecule has 0 atom stereocenters. The van der Waals surface area contributed by atoms with Gasteiger partial charge in [-0.1, -0.05) is 41.9 Å². The van der Waals surface area contributed by atoms with Crippen LogP contribution in [0.4, 0.5) is 21.5 Å². The standard InChI is InChI=1S/C29H25ClFN3O4S2/c30-24-4-1-2-5-25(24)33-40(36,37)28-19-22(11-12-26(28)34-13-15-38-16-14-34)32-29(35)23(27-6-3-17-39-27)18-20-7-9-21(31)10-8-20/h1-12,17-19,33H,13-16H2,(H,32,35)/b23-18+. The fourth-order valence-corrected chi connectivity index (χ4v) is 6.53. The van der Waals surface area contributed by atoms with Gasteiger partial charge in [0.15, 0.2) is 0 Å². The van der Waals surface area contributed by atoms with Crippen LogP contribution in [-0.2, 0) is 19.6 Å². The molecule has 1 fully saturated rings. The van der Waals surface area contributed by atoms with Gasteiger partial charge in [-0.05, 0) is 65.6 Å². The summed E-state index contributed by atoms with van der Waals surface area (Å²) in [6, 6.07) is 20.8. The molecule has 1 aliphatic rings. The van der Waals surface area contributed by atoms with Gasteiger partial charge in [-0.15, -0.1) is 11.3 Å². The van der Waals surface area contributed by atoms with Gasteiger partial charge in [0, 0.05) is 23.7 Å². The summed E-state index contributed by atoms with van der Waals surface area (Å²) in [5.74, 6) is -0.813. The van der Waals surface area contributed by atoms with Crippen LogP contribution in [0.25, 0.3) is 11.6 Å². The second-order valence-electron chi connectivity index (χ2n) is 8.91. The van der Waals surface area contributed by atoms with Crippen molar-refractivity contribution in [3.8, 4) is 0 Å². The molecule has 4 aromatic rings. The summed E-state index contributed by atoms with van der Waals surface area (Å²) in [5.41, 5.74) is 2.03. The Bertz CT molecular complexity index is 1640. The topological polar surface area (TPSA) is 87.7 Å². The maximum atomic E-state index is 13.7. The van der Waals surface area contributed by atoms with Crippen molar-refractivity contribution >= 4 is 67.6 Å². The first-order valence-corrected chi connectivity index (χ1v) is 15.1. The first-order valence-electron chi connectivity index (χ1n) is 12.4. The van der Waals surface area contributed by atoms with Crippen molar-refractivity contribution in [3.63, 3.8) is 0 Å². The van der Waals surface area contributed by atoms with Crippen LogP contribution in [0.5, 0.6) is 0 Å². The summed E-state index contributed by atoms with van der Waals surface area (Å²) < 4.78 is 48.8. The zero-order valence-electron chi connectivity index (χ0n) is 21.1. The van der Waals surface area contributed by atoms with Crippen LogP contribution in [-0.4, -0.2) is 40.6 Å². The number of hydrogen-bond donors (Lipinski definition) is 2. The lowest BCUT2D eigenvalue weighted by atomic mass is 10.1. The number of para-hydroxylation sites is 1. The molecule has 5 rings (SSSR count). The molecule has 7 nitrogen and oxygen atoms in total. The highest BCUT2D eigenvalue weighted by Gasteiger charge is 2.25. The Balaban J connectivity index is 1.50. The first-order chi connectivity index (χ1) is 19.3. The summed E-state index contributed by atoms with van der Waals surface area (Å²) in [6.45, 7) is 1.97. The summed E-state index contributed by atoms with van der Waals surface area (Å²) in [4.78, 5) is 16.1. The second-order valence-corrected chi connectivity index (χ2v) is 11.9. The van der Waals surface area contributed by atoms with Crippen LogP contribution < -0.4 is 14.9 Å². The number of amides is 1. The monoisotopic (exact) mass is 597 g/mol. The summed E-state index contributed by atoms with van der Waals surface area (Å²) in [6.07, 6.45) is 1.67. The van der Waals surface area contributed by atoms with E-state index in [0.717, 1.165) is 0 Å². The van der Waals surface area contributed by atoms with E-state index in [1.807, 2.05) is 22.4 Å². The molecule has 3 aromatic carbocycles. The van der Waals surface area contributed by atoms with Crippen molar-refractivity contribution in [3.05, 3.63) is 106 Å². The van der Waals surface area contributed by atoms with Crippen LogP contribution in [0.3, 0.4) is 0 Å². The smallest absolute Gasteiger partial charge is 0.264 e. The molecule has 206 valence electrons. The Labute approximate surface area is 240 Å². The number of carbonyl (C=O) groups excluding carboxylic acids is 1. The number of rotatable bonds is 8. The summed E-state index contributed by atoms with van der Waals surface area (Å²) in [5, 5.41) is 4.95. The van der Waals surface area contributed by atoms with E-state index >= 15 is 0 Å². The largest absolute Gasteiger partial charge is 0.378 e. The molecule has 0 spiro atoms. The van der Waals surface area contributed by atoms with E-state index in [0.29, 0.717) is 53.7 Å². The highest BCUT2D eigenvalue weighted by molar-refractivity contribution is 7.93. The first kappa shape index (κ1) is 27.9. The van der Waals surface area contributed by atoms with Crippen LogP contribution in [0, 0.1) is 5.82 Å². The van der Waals surface area contributed by atoms with Crippen LogP contribution in [0.2, 0.25) is 5.02 Å². The normalized spacial score (nSPS) is 14.2. The Kier molecular flexibility index (Phi) is 8.51. The molecule has 0 bridgehead atoms. The van der Waals surface area contributed by atoms with E-state index in [2.05, 4.69) is 10.0 Å². The number of nitrogens with one attached hydrogen (secondary N) is 2. The molecular formula is C29H25ClFN3O4S2. The number of sulfonamides is 1. The number of carbonyl (C=O) groups is 1. The van der Waals surface area contributed by atoms with Gasteiger partial charge in [0.05, 0.1) is 35.2 Å². The molecule has 0 unspecified atom stereocenters. The summed E-state index contributed by atoms with van der Waals surface area (Å²) >= 11 is 7.61. The number of hydrogen-bond acceptors (Lipinski definition) is 6. The minimum Gasteiger partial charge on any atom is -0.378 e. The maximum absolute atomic E-state index is 13.7. The Hall–Kier alpha value is -3.70. The van der Waals surface area contributed by atoms with Gasteiger partial charge in [0.25, 0.3) is 15.9 Å². The molecule has 0 aliphatic carbocycles. The Morgan fingerprint density at radius 1 is 1.00 bits per heavy atom. The molecule has 1 saturated heterocycles. The predicted molar refractivity (Wildman–Crippen MR) is 159 cm³/mol. The van der Waals surface area contributed by atoms with E-state index < -0.39 is 15.9 Å².